The van der Waals surface area contributed by atoms with Crippen LogP contribution in [0.2, 0.25) is 0 Å². The minimum atomic E-state index is -0.351. The number of carbonyl (C=O) groups is 2. The van der Waals surface area contributed by atoms with Crippen LogP contribution >= 0.6 is 0 Å². The number of amides is 1. The molecule has 0 aliphatic heterocycles. The molecule has 0 heterocycles. The standard InChI is InChI=1S/C12H22N2O3/c1-6-14(4)11(15)10(3)13-8-7-9(2)12(16)17-5/h7,10,13H,6,8H2,1-5H3/b9-7-. The van der Waals surface area contributed by atoms with Crippen LogP contribution in [0.5, 0.6) is 0 Å². The molecule has 1 unspecified atom stereocenters. The van der Waals surface area contributed by atoms with E-state index in [-0.39, 0.29) is 17.9 Å². The van der Waals surface area contributed by atoms with Crippen LogP contribution in [-0.4, -0.2) is 50.1 Å². The summed E-state index contributed by atoms with van der Waals surface area (Å²) >= 11 is 0. The molecule has 0 aromatic heterocycles. The van der Waals surface area contributed by atoms with E-state index in [0.717, 1.165) is 0 Å². The number of carbonyl (C=O) groups excluding carboxylic acids is 2. The van der Waals surface area contributed by atoms with Gasteiger partial charge in [0, 0.05) is 25.7 Å². The molecule has 0 fully saturated rings. The zero-order valence-electron chi connectivity index (χ0n) is 11.2. The molecular weight excluding hydrogens is 220 g/mol. The first-order valence-electron chi connectivity index (χ1n) is 5.67. The Kier molecular flexibility index (Phi) is 7.21. The van der Waals surface area contributed by atoms with Gasteiger partial charge in [0.2, 0.25) is 5.91 Å². The fourth-order valence-corrected chi connectivity index (χ4v) is 1.21. The molecule has 0 spiro atoms. The average molecular weight is 242 g/mol. The Bertz CT molecular complexity index is 300. The van der Waals surface area contributed by atoms with Gasteiger partial charge in [0.1, 0.15) is 0 Å². The third-order valence-electron chi connectivity index (χ3n) is 2.56. The lowest BCUT2D eigenvalue weighted by Crippen LogP contribution is -2.43. The molecule has 0 saturated heterocycles. The van der Waals surface area contributed by atoms with Crippen molar-refractivity contribution in [2.24, 2.45) is 0 Å². The van der Waals surface area contributed by atoms with Gasteiger partial charge in [-0.2, -0.15) is 0 Å². The summed E-state index contributed by atoms with van der Waals surface area (Å²) in [5, 5.41) is 3.03. The minimum Gasteiger partial charge on any atom is -0.466 e. The molecule has 98 valence electrons. The molecule has 17 heavy (non-hydrogen) atoms. The zero-order chi connectivity index (χ0) is 13.4. The summed E-state index contributed by atoms with van der Waals surface area (Å²) < 4.78 is 4.56. The van der Waals surface area contributed by atoms with Gasteiger partial charge in [-0.3, -0.25) is 4.79 Å². The van der Waals surface area contributed by atoms with Crippen LogP contribution in [0.25, 0.3) is 0 Å². The van der Waals surface area contributed by atoms with E-state index in [1.807, 2.05) is 6.92 Å². The fourth-order valence-electron chi connectivity index (χ4n) is 1.21. The summed E-state index contributed by atoms with van der Waals surface area (Å²) in [7, 11) is 3.10. The topological polar surface area (TPSA) is 58.6 Å². The van der Waals surface area contributed by atoms with Gasteiger partial charge in [-0.05, 0) is 20.8 Å². The van der Waals surface area contributed by atoms with Crippen LogP contribution in [-0.2, 0) is 14.3 Å². The van der Waals surface area contributed by atoms with Crippen molar-refractivity contribution in [1.82, 2.24) is 10.2 Å². The molecule has 5 nitrogen and oxygen atoms in total. The molecule has 1 N–H and O–H groups in total. The highest BCUT2D eigenvalue weighted by Gasteiger charge is 2.14. The highest BCUT2D eigenvalue weighted by molar-refractivity contribution is 5.87. The molecule has 1 amide bonds. The van der Waals surface area contributed by atoms with Crippen LogP contribution in [0.3, 0.4) is 0 Å². The molecule has 0 aliphatic rings. The predicted octanol–water partition coefficient (Wildman–Crippen LogP) is 0.562. The molecule has 0 rings (SSSR count). The van der Waals surface area contributed by atoms with E-state index in [4.69, 9.17) is 0 Å². The van der Waals surface area contributed by atoms with Crippen molar-refractivity contribution >= 4 is 11.9 Å². The number of ether oxygens (including phenoxy) is 1. The molecule has 5 heteroatoms. The zero-order valence-corrected chi connectivity index (χ0v) is 11.2. The Morgan fingerprint density at radius 2 is 2.06 bits per heavy atom. The van der Waals surface area contributed by atoms with Crippen molar-refractivity contribution in [3.05, 3.63) is 11.6 Å². The van der Waals surface area contributed by atoms with Gasteiger partial charge in [-0.1, -0.05) is 6.08 Å². The van der Waals surface area contributed by atoms with Crippen molar-refractivity contribution in [2.75, 3.05) is 27.2 Å². The highest BCUT2D eigenvalue weighted by Crippen LogP contribution is 1.95. The lowest BCUT2D eigenvalue weighted by molar-refractivity contribution is -0.136. The smallest absolute Gasteiger partial charge is 0.333 e. The summed E-state index contributed by atoms with van der Waals surface area (Å²) in [5.74, 6) is -0.312. The monoisotopic (exact) mass is 242 g/mol. The fraction of sp³-hybridized carbons (Fsp3) is 0.667. The maximum Gasteiger partial charge on any atom is 0.333 e. The summed E-state index contributed by atoms with van der Waals surface area (Å²) in [6.07, 6.45) is 1.71. The number of esters is 1. The van der Waals surface area contributed by atoms with Gasteiger partial charge in [0.05, 0.1) is 13.2 Å². The largest absolute Gasteiger partial charge is 0.466 e. The van der Waals surface area contributed by atoms with E-state index >= 15 is 0 Å². The molecule has 0 bridgehead atoms. The van der Waals surface area contributed by atoms with Crippen molar-refractivity contribution in [1.29, 1.82) is 0 Å². The van der Waals surface area contributed by atoms with Gasteiger partial charge in [-0.15, -0.1) is 0 Å². The predicted molar refractivity (Wildman–Crippen MR) is 66.5 cm³/mol. The van der Waals surface area contributed by atoms with Gasteiger partial charge in [0.25, 0.3) is 0 Å². The summed E-state index contributed by atoms with van der Waals surface area (Å²) in [5.41, 5.74) is 0.531. The van der Waals surface area contributed by atoms with Crippen LogP contribution < -0.4 is 5.32 Å². The van der Waals surface area contributed by atoms with E-state index < -0.39 is 0 Å². The lowest BCUT2D eigenvalue weighted by Gasteiger charge is -2.20. The molecule has 0 aliphatic carbocycles. The molecular formula is C12H22N2O3. The van der Waals surface area contributed by atoms with E-state index in [1.165, 1.54) is 7.11 Å². The minimum absolute atomic E-state index is 0.0385. The SMILES string of the molecule is CCN(C)C(=O)C(C)NC/C=C(/C)C(=O)OC. The summed E-state index contributed by atoms with van der Waals surface area (Å²) in [4.78, 5) is 24.4. The second-order valence-corrected chi connectivity index (χ2v) is 3.86. The maximum atomic E-state index is 11.7. The normalized spacial score (nSPS) is 13.1. The number of hydrogen-bond acceptors (Lipinski definition) is 4. The van der Waals surface area contributed by atoms with Crippen LogP contribution in [0.15, 0.2) is 11.6 Å². The van der Waals surface area contributed by atoms with Crippen LogP contribution in [0.4, 0.5) is 0 Å². The van der Waals surface area contributed by atoms with Gasteiger partial charge in [-0.25, -0.2) is 4.79 Å². The Morgan fingerprint density at radius 1 is 1.47 bits per heavy atom. The molecule has 0 radical (unpaired) electrons. The molecule has 0 saturated carbocycles. The Hall–Kier alpha value is -1.36. The third kappa shape index (κ3) is 5.49. The second-order valence-electron chi connectivity index (χ2n) is 3.86. The molecule has 1 atom stereocenters. The Balaban J connectivity index is 4.13. The first kappa shape index (κ1) is 15.6. The summed E-state index contributed by atoms with van der Waals surface area (Å²) in [6.45, 7) is 6.55. The third-order valence-corrected chi connectivity index (χ3v) is 2.56. The van der Waals surface area contributed by atoms with E-state index in [2.05, 4.69) is 10.1 Å². The number of likely N-dealkylation sites (N-methyl/N-ethyl adjacent to an activating group) is 1. The number of rotatable bonds is 6. The second kappa shape index (κ2) is 7.84. The lowest BCUT2D eigenvalue weighted by atomic mass is 10.2. The van der Waals surface area contributed by atoms with Crippen molar-refractivity contribution in [3.8, 4) is 0 Å². The van der Waals surface area contributed by atoms with Gasteiger partial charge >= 0.3 is 5.97 Å². The Morgan fingerprint density at radius 3 is 2.53 bits per heavy atom. The quantitative estimate of drug-likeness (QED) is 0.546. The van der Waals surface area contributed by atoms with Crippen molar-refractivity contribution in [3.63, 3.8) is 0 Å². The van der Waals surface area contributed by atoms with Gasteiger partial charge in [0.15, 0.2) is 0 Å². The molecule has 0 aromatic rings. The van der Waals surface area contributed by atoms with E-state index in [0.29, 0.717) is 18.7 Å². The Labute approximate surface area is 103 Å². The summed E-state index contributed by atoms with van der Waals surface area (Å²) in [6, 6.07) is -0.262. The number of hydrogen-bond donors (Lipinski definition) is 1. The van der Waals surface area contributed by atoms with Crippen molar-refractivity contribution < 1.29 is 14.3 Å². The van der Waals surface area contributed by atoms with E-state index in [9.17, 15) is 9.59 Å². The van der Waals surface area contributed by atoms with Crippen LogP contribution in [0.1, 0.15) is 20.8 Å². The average Bonchev–Trinajstić information content (AvgIpc) is 2.35. The maximum absolute atomic E-state index is 11.7. The van der Waals surface area contributed by atoms with E-state index in [1.54, 1.807) is 31.9 Å². The molecule has 0 aromatic carbocycles. The number of nitrogens with zero attached hydrogens (tertiary/aromatic N) is 1. The first-order valence-corrected chi connectivity index (χ1v) is 5.67. The van der Waals surface area contributed by atoms with Gasteiger partial charge < -0.3 is 15.0 Å². The van der Waals surface area contributed by atoms with Crippen molar-refractivity contribution in [2.45, 2.75) is 26.8 Å². The first-order chi connectivity index (χ1) is 7.93. The van der Waals surface area contributed by atoms with Crippen LogP contribution in [0, 0.1) is 0 Å². The number of methoxy groups -OCH3 is 1. The number of nitrogens with one attached hydrogen (secondary N) is 1. The highest BCUT2D eigenvalue weighted by atomic mass is 16.5.